The van der Waals surface area contributed by atoms with Crippen LogP contribution in [0.1, 0.15) is 64.7 Å². The van der Waals surface area contributed by atoms with E-state index in [0.29, 0.717) is 19.3 Å². The van der Waals surface area contributed by atoms with Crippen LogP contribution in [-0.2, 0) is 4.79 Å². The number of carboxylic acids is 1. The third kappa shape index (κ3) is 16.7. The van der Waals surface area contributed by atoms with Gasteiger partial charge in [-0.25, -0.2) is 4.39 Å². The first-order valence-corrected chi connectivity index (χ1v) is 8.79. The first kappa shape index (κ1) is 22.3. The fourth-order valence-corrected chi connectivity index (χ4v) is 2.00. The average molecular weight is 338 g/mol. The maximum absolute atomic E-state index is 13.3. The van der Waals surface area contributed by atoms with Crippen LogP contribution >= 0.6 is 0 Å². The first-order valence-electron chi connectivity index (χ1n) is 8.79. The summed E-state index contributed by atoms with van der Waals surface area (Å²) >= 11 is 0. The molecule has 4 heteroatoms. The molecular formula is C20H31FO3. The third-order valence-electron chi connectivity index (χ3n) is 3.38. The van der Waals surface area contributed by atoms with Crippen molar-refractivity contribution in [2.24, 2.45) is 0 Å². The van der Waals surface area contributed by atoms with E-state index in [1.54, 1.807) is 24.3 Å². The lowest BCUT2D eigenvalue weighted by atomic mass is 10.1. The molecule has 0 saturated carbocycles. The number of unbranched alkanes of at least 4 members (excludes halogenated alkanes) is 3. The molecule has 24 heavy (non-hydrogen) atoms. The number of aliphatic hydroxyl groups excluding tert-OH is 1. The number of allylic oxidation sites excluding steroid dienone is 6. The average Bonchev–Trinajstić information content (AvgIpc) is 2.53. The summed E-state index contributed by atoms with van der Waals surface area (Å²) in [5.41, 5.74) is 0. The lowest BCUT2D eigenvalue weighted by molar-refractivity contribution is -0.137. The molecule has 0 aromatic heterocycles. The summed E-state index contributed by atoms with van der Waals surface area (Å²) < 4.78 is 13.3. The summed E-state index contributed by atoms with van der Waals surface area (Å²) in [5, 5.41) is 18.2. The zero-order valence-corrected chi connectivity index (χ0v) is 14.7. The van der Waals surface area contributed by atoms with Crippen LogP contribution < -0.4 is 0 Å². The Hall–Kier alpha value is -1.68. The van der Waals surface area contributed by atoms with Crippen molar-refractivity contribution in [3.05, 3.63) is 48.4 Å². The Bertz CT molecular complexity index is 436. The van der Waals surface area contributed by atoms with Crippen LogP contribution in [0.25, 0.3) is 0 Å². The minimum Gasteiger partial charge on any atom is -0.481 e. The Labute approximate surface area is 145 Å². The summed E-state index contributed by atoms with van der Waals surface area (Å²) in [6.45, 7) is 2.18. The number of carboxylic acid groups (broad SMARTS) is 1. The molecule has 0 amide bonds. The molecule has 0 rings (SSSR count). The highest BCUT2D eigenvalue weighted by Crippen LogP contribution is 2.10. The number of hydrogen-bond donors (Lipinski definition) is 2. The second kappa shape index (κ2) is 16.2. The van der Waals surface area contributed by atoms with E-state index in [4.69, 9.17) is 5.11 Å². The topological polar surface area (TPSA) is 57.5 Å². The van der Waals surface area contributed by atoms with Gasteiger partial charge in [0, 0.05) is 6.42 Å². The van der Waals surface area contributed by atoms with Crippen molar-refractivity contribution >= 4 is 5.97 Å². The largest absolute Gasteiger partial charge is 0.481 e. The number of aliphatic carboxylic acids is 1. The minimum atomic E-state index is -0.901. The van der Waals surface area contributed by atoms with Gasteiger partial charge in [-0.05, 0) is 44.6 Å². The van der Waals surface area contributed by atoms with Crippen molar-refractivity contribution in [2.45, 2.75) is 70.8 Å². The Morgan fingerprint density at radius 2 is 1.88 bits per heavy atom. The van der Waals surface area contributed by atoms with E-state index in [9.17, 15) is 14.3 Å². The van der Waals surface area contributed by atoms with Gasteiger partial charge in [-0.15, -0.1) is 0 Å². The number of carbonyl (C=O) groups is 1. The summed E-state index contributed by atoms with van der Waals surface area (Å²) in [4.78, 5) is 10.3. The van der Waals surface area contributed by atoms with Gasteiger partial charge in [0.1, 0.15) is 0 Å². The van der Waals surface area contributed by atoms with E-state index in [1.165, 1.54) is 25.3 Å². The number of halogens is 1. The zero-order chi connectivity index (χ0) is 18.0. The smallest absolute Gasteiger partial charge is 0.303 e. The van der Waals surface area contributed by atoms with Crippen LogP contribution in [0.3, 0.4) is 0 Å². The highest BCUT2D eigenvalue weighted by molar-refractivity contribution is 5.66. The van der Waals surface area contributed by atoms with Crippen molar-refractivity contribution < 1.29 is 19.4 Å². The van der Waals surface area contributed by atoms with Crippen molar-refractivity contribution in [3.8, 4) is 0 Å². The third-order valence-corrected chi connectivity index (χ3v) is 3.38. The van der Waals surface area contributed by atoms with Gasteiger partial charge in [-0.2, -0.15) is 0 Å². The fourth-order valence-electron chi connectivity index (χ4n) is 2.00. The molecule has 136 valence electrons. The maximum Gasteiger partial charge on any atom is 0.303 e. The van der Waals surface area contributed by atoms with Crippen LogP contribution in [0.5, 0.6) is 0 Å². The Balaban J connectivity index is 3.80. The normalized spacial score (nSPS) is 14.2. The summed E-state index contributed by atoms with van der Waals surface area (Å²) in [6.07, 6.45) is 18.3. The lowest BCUT2D eigenvalue weighted by Gasteiger charge is -1.99. The Morgan fingerprint density at radius 3 is 2.58 bits per heavy atom. The van der Waals surface area contributed by atoms with Crippen molar-refractivity contribution in [2.75, 3.05) is 0 Å². The van der Waals surface area contributed by atoms with Gasteiger partial charge < -0.3 is 10.2 Å². The first-order chi connectivity index (χ1) is 11.6. The van der Waals surface area contributed by atoms with Crippen LogP contribution in [0.2, 0.25) is 0 Å². The SMILES string of the molecule is CCCCCC=CCC(O)C=CC=CCC=C(F)CCCC(=O)O. The molecule has 0 fully saturated rings. The summed E-state index contributed by atoms with van der Waals surface area (Å²) in [6, 6.07) is 0. The second-order valence-electron chi connectivity index (χ2n) is 5.72. The molecule has 0 spiro atoms. The van der Waals surface area contributed by atoms with Crippen LogP contribution in [0.4, 0.5) is 4.39 Å². The van der Waals surface area contributed by atoms with E-state index < -0.39 is 12.1 Å². The van der Waals surface area contributed by atoms with Crippen LogP contribution in [0.15, 0.2) is 48.4 Å². The molecule has 0 radical (unpaired) electrons. The molecule has 0 saturated heterocycles. The molecule has 0 aromatic carbocycles. The van der Waals surface area contributed by atoms with Crippen LogP contribution in [0, 0.1) is 0 Å². The van der Waals surface area contributed by atoms with Gasteiger partial charge in [0.15, 0.2) is 0 Å². The van der Waals surface area contributed by atoms with Crippen molar-refractivity contribution in [3.63, 3.8) is 0 Å². The van der Waals surface area contributed by atoms with Crippen molar-refractivity contribution in [1.29, 1.82) is 0 Å². The highest BCUT2D eigenvalue weighted by atomic mass is 19.1. The molecule has 1 unspecified atom stereocenters. The van der Waals surface area contributed by atoms with E-state index >= 15 is 0 Å². The van der Waals surface area contributed by atoms with Gasteiger partial charge >= 0.3 is 5.97 Å². The molecule has 0 heterocycles. The van der Waals surface area contributed by atoms with E-state index in [0.717, 1.165) is 6.42 Å². The maximum atomic E-state index is 13.3. The highest BCUT2D eigenvalue weighted by Gasteiger charge is 1.99. The standard InChI is InChI=1S/C20H31FO3/c1-2-3-4-5-6-10-15-19(22)16-11-8-7-9-13-18(21)14-12-17-20(23)24/h6-8,10-11,13,16,19,22H,2-5,9,12,14-15,17H2,1H3,(H,23,24). The van der Waals surface area contributed by atoms with Gasteiger partial charge in [-0.3, -0.25) is 4.79 Å². The number of rotatable bonds is 14. The molecule has 0 aromatic rings. The number of hydrogen-bond acceptors (Lipinski definition) is 2. The predicted octanol–water partition coefficient (Wildman–Crippen LogP) is 5.48. The fraction of sp³-hybridized carbons (Fsp3) is 0.550. The molecule has 0 bridgehead atoms. The second-order valence-corrected chi connectivity index (χ2v) is 5.72. The van der Waals surface area contributed by atoms with E-state index in [2.05, 4.69) is 13.0 Å². The van der Waals surface area contributed by atoms with Crippen LogP contribution in [-0.4, -0.2) is 22.3 Å². The summed E-state index contributed by atoms with van der Waals surface area (Å²) in [7, 11) is 0. The quantitative estimate of drug-likeness (QED) is 0.250. The Kier molecular flexibility index (Phi) is 15.1. The Morgan fingerprint density at radius 1 is 1.08 bits per heavy atom. The van der Waals surface area contributed by atoms with E-state index in [-0.39, 0.29) is 18.7 Å². The molecule has 2 N–H and O–H groups in total. The summed E-state index contributed by atoms with van der Waals surface area (Å²) in [5.74, 6) is -1.18. The number of aliphatic hydroxyl groups is 1. The monoisotopic (exact) mass is 338 g/mol. The van der Waals surface area contributed by atoms with Gasteiger partial charge in [0.05, 0.1) is 11.9 Å². The molecule has 0 aliphatic carbocycles. The van der Waals surface area contributed by atoms with E-state index in [1.807, 2.05) is 6.08 Å². The van der Waals surface area contributed by atoms with Gasteiger partial charge in [0.25, 0.3) is 0 Å². The predicted molar refractivity (Wildman–Crippen MR) is 97.5 cm³/mol. The lowest BCUT2D eigenvalue weighted by Crippen LogP contribution is -1.98. The zero-order valence-electron chi connectivity index (χ0n) is 14.7. The van der Waals surface area contributed by atoms with Crippen molar-refractivity contribution in [1.82, 2.24) is 0 Å². The molecule has 1 atom stereocenters. The van der Waals surface area contributed by atoms with Gasteiger partial charge in [-0.1, -0.05) is 56.2 Å². The molecule has 0 aliphatic rings. The van der Waals surface area contributed by atoms with Gasteiger partial charge in [0.2, 0.25) is 0 Å². The molecular weight excluding hydrogens is 307 g/mol. The minimum absolute atomic E-state index is 0.00915. The molecule has 0 aliphatic heterocycles. The molecule has 3 nitrogen and oxygen atoms in total.